The Labute approximate surface area is 73.1 Å². The van der Waals surface area contributed by atoms with Gasteiger partial charge in [-0.3, -0.25) is 4.79 Å². The number of carbonyl (C=O) groups is 2. The molecule has 0 spiro atoms. The van der Waals surface area contributed by atoms with Gasteiger partial charge in [0.2, 0.25) is 0 Å². The van der Waals surface area contributed by atoms with Gasteiger partial charge in [0.05, 0.1) is 0 Å². The van der Waals surface area contributed by atoms with Crippen LogP contribution in [0.2, 0.25) is 0 Å². The summed E-state index contributed by atoms with van der Waals surface area (Å²) in [7, 11) is 0. The number of Topliss-reactive ketones (excluding diaryl/α,β-unsaturated/α-hetero) is 1. The van der Waals surface area contributed by atoms with Gasteiger partial charge in [-0.05, 0) is 6.92 Å². The molecule has 70 valence electrons. The molecule has 3 nitrogen and oxygen atoms in total. The number of hydrogen-bond acceptors (Lipinski definition) is 2. The molecule has 12 heavy (non-hydrogen) atoms. The normalized spacial score (nSPS) is 7.92. The molecular formula is C9H16O3. The van der Waals surface area contributed by atoms with Crippen molar-refractivity contribution < 1.29 is 14.7 Å². The number of carbonyl (C=O) groups excluding carboxylic acids is 1. The maximum absolute atomic E-state index is 10.2. The Balaban J connectivity index is 0. The van der Waals surface area contributed by atoms with E-state index in [0.717, 1.165) is 0 Å². The van der Waals surface area contributed by atoms with E-state index in [4.69, 9.17) is 5.11 Å². The van der Waals surface area contributed by atoms with Gasteiger partial charge in [-0.15, -0.1) is 0 Å². The zero-order valence-corrected chi connectivity index (χ0v) is 7.89. The lowest BCUT2D eigenvalue weighted by molar-refractivity contribution is -0.132. The molecule has 3 heteroatoms. The predicted octanol–water partition coefficient (Wildman–Crippen LogP) is 2.02. The van der Waals surface area contributed by atoms with Gasteiger partial charge in [0.1, 0.15) is 5.78 Å². The Kier molecular flexibility index (Phi) is 8.96. The summed E-state index contributed by atoms with van der Waals surface area (Å²) in [5.74, 6) is -0.593. The molecule has 0 aliphatic rings. The number of ketones is 1. The van der Waals surface area contributed by atoms with Crippen molar-refractivity contribution in [2.75, 3.05) is 0 Å². The third kappa shape index (κ3) is 11.6. The van der Waals surface area contributed by atoms with Gasteiger partial charge >= 0.3 is 5.97 Å². The van der Waals surface area contributed by atoms with Crippen LogP contribution in [0, 0.1) is 0 Å². The fourth-order valence-electron chi connectivity index (χ4n) is 0.250. The molecule has 0 unspecified atom stereocenters. The lowest BCUT2D eigenvalue weighted by atomic mass is 10.3. The Morgan fingerprint density at radius 3 is 1.50 bits per heavy atom. The summed E-state index contributed by atoms with van der Waals surface area (Å²) in [5, 5.41) is 7.89. The first-order valence-corrected chi connectivity index (χ1v) is 3.86. The highest BCUT2D eigenvalue weighted by molar-refractivity contribution is 5.84. The number of aliphatic carboxylic acids is 1. The minimum Gasteiger partial charge on any atom is -0.478 e. The minimum absolute atomic E-state index is 0.176. The van der Waals surface area contributed by atoms with Crippen molar-refractivity contribution in [3.8, 4) is 0 Å². The lowest BCUT2D eigenvalue weighted by Crippen LogP contribution is -1.92. The van der Waals surface area contributed by atoms with E-state index in [1.54, 1.807) is 0 Å². The fourth-order valence-corrected chi connectivity index (χ4v) is 0.250. The second-order valence-corrected chi connectivity index (χ2v) is 2.33. The summed E-state index contributed by atoms with van der Waals surface area (Å²) in [6.07, 6.45) is 1.38. The predicted molar refractivity (Wildman–Crippen MR) is 48.0 cm³/mol. The summed E-state index contributed by atoms with van der Waals surface area (Å²) in [4.78, 5) is 19.8. The molecule has 0 atom stereocenters. The highest BCUT2D eigenvalue weighted by atomic mass is 16.4. The lowest BCUT2D eigenvalue weighted by Gasteiger charge is -1.81. The van der Waals surface area contributed by atoms with Crippen LogP contribution in [0.4, 0.5) is 0 Å². The number of hydrogen-bond donors (Lipinski definition) is 1. The molecule has 0 radical (unpaired) electrons. The standard InChI is InChI=1S/C5H10O.C4H6O2/c1-3-5(6)4-2;1-3(2)4(5)6/h3-4H2,1-2H3;1H2,2H3,(H,5,6). The maximum atomic E-state index is 10.2. The topological polar surface area (TPSA) is 54.4 Å². The third-order valence-corrected chi connectivity index (χ3v) is 1.15. The zero-order valence-electron chi connectivity index (χ0n) is 7.89. The smallest absolute Gasteiger partial charge is 0.330 e. The van der Waals surface area contributed by atoms with E-state index in [1.165, 1.54) is 6.92 Å². The largest absolute Gasteiger partial charge is 0.478 e. The van der Waals surface area contributed by atoms with Crippen LogP contribution in [0.15, 0.2) is 12.2 Å². The van der Waals surface area contributed by atoms with E-state index < -0.39 is 5.97 Å². The van der Waals surface area contributed by atoms with Crippen molar-refractivity contribution in [2.45, 2.75) is 33.6 Å². The van der Waals surface area contributed by atoms with E-state index in [2.05, 4.69) is 6.58 Å². The van der Waals surface area contributed by atoms with Gasteiger partial charge in [0.15, 0.2) is 0 Å². The van der Waals surface area contributed by atoms with Gasteiger partial charge in [0.25, 0.3) is 0 Å². The molecule has 0 bridgehead atoms. The van der Waals surface area contributed by atoms with Gasteiger partial charge in [-0.2, -0.15) is 0 Å². The second kappa shape index (κ2) is 7.98. The Bertz CT molecular complexity index is 153. The molecule has 0 aromatic heterocycles. The van der Waals surface area contributed by atoms with Crippen LogP contribution in [0.25, 0.3) is 0 Å². The molecule has 0 heterocycles. The first kappa shape index (κ1) is 13.5. The maximum Gasteiger partial charge on any atom is 0.330 e. The summed E-state index contributed by atoms with van der Waals surface area (Å²) < 4.78 is 0. The molecular weight excluding hydrogens is 156 g/mol. The first-order valence-electron chi connectivity index (χ1n) is 3.86. The van der Waals surface area contributed by atoms with Crippen LogP contribution in [-0.2, 0) is 9.59 Å². The number of carboxylic acids is 1. The van der Waals surface area contributed by atoms with E-state index in [0.29, 0.717) is 18.6 Å². The SMILES string of the molecule is C=C(C)C(=O)O.CCC(=O)CC. The van der Waals surface area contributed by atoms with Crippen LogP contribution < -0.4 is 0 Å². The van der Waals surface area contributed by atoms with Crippen molar-refractivity contribution in [3.05, 3.63) is 12.2 Å². The van der Waals surface area contributed by atoms with Crippen molar-refractivity contribution in [3.63, 3.8) is 0 Å². The summed E-state index contributed by atoms with van der Waals surface area (Å²) >= 11 is 0. The number of rotatable bonds is 3. The molecule has 0 saturated carbocycles. The monoisotopic (exact) mass is 172 g/mol. The molecule has 0 aliphatic heterocycles. The van der Waals surface area contributed by atoms with Gasteiger partial charge < -0.3 is 5.11 Å². The molecule has 0 aromatic carbocycles. The third-order valence-electron chi connectivity index (χ3n) is 1.15. The molecule has 0 rings (SSSR count). The zero-order chi connectivity index (χ0) is 10.1. The van der Waals surface area contributed by atoms with Gasteiger partial charge in [-0.25, -0.2) is 4.79 Å². The summed E-state index contributed by atoms with van der Waals surface area (Å²) in [6, 6.07) is 0. The molecule has 0 amide bonds. The minimum atomic E-state index is -0.935. The van der Waals surface area contributed by atoms with E-state index in [9.17, 15) is 9.59 Å². The van der Waals surface area contributed by atoms with Crippen LogP contribution >= 0.6 is 0 Å². The molecule has 0 fully saturated rings. The first-order chi connectivity index (χ1) is 5.45. The summed E-state index contributed by atoms with van der Waals surface area (Å²) in [6.45, 7) is 8.36. The highest BCUT2D eigenvalue weighted by Crippen LogP contribution is 1.83. The fraction of sp³-hybridized carbons (Fsp3) is 0.556. The Morgan fingerprint density at radius 1 is 1.25 bits per heavy atom. The van der Waals surface area contributed by atoms with Crippen molar-refractivity contribution in [1.29, 1.82) is 0 Å². The van der Waals surface area contributed by atoms with Crippen molar-refractivity contribution >= 4 is 11.8 Å². The van der Waals surface area contributed by atoms with Gasteiger partial charge in [0, 0.05) is 18.4 Å². The highest BCUT2D eigenvalue weighted by Gasteiger charge is 1.90. The average Bonchev–Trinajstić information content (AvgIpc) is 2.04. The molecule has 0 aromatic rings. The molecule has 0 saturated heterocycles. The Hall–Kier alpha value is -1.12. The second-order valence-electron chi connectivity index (χ2n) is 2.33. The van der Waals surface area contributed by atoms with E-state index >= 15 is 0 Å². The van der Waals surface area contributed by atoms with E-state index in [-0.39, 0.29) is 5.57 Å². The van der Waals surface area contributed by atoms with Gasteiger partial charge in [-0.1, -0.05) is 20.4 Å². The van der Waals surface area contributed by atoms with Crippen LogP contribution in [0.1, 0.15) is 33.6 Å². The quantitative estimate of drug-likeness (QED) is 0.662. The van der Waals surface area contributed by atoms with Crippen LogP contribution in [0.3, 0.4) is 0 Å². The van der Waals surface area contributed by atoms with Crippen LogP contribution in [-0.4, -0.2) is 16.9 Å². The Morgan fingerprint density at radius 2 is 1.50 bits per heavy atom. The summed E-state index contributed by atoms with van der Waals surface area (Å²) in [5.41, 5.74) is 0.176. The average molecular weight is 172 g/mol. The van der Waals surface area contributed by atoms with Crippen LogP contribution in [0.5, 0.6) is 0 Å². The molecule has 1 N–H and O–H groups in total. The van der Waals surface area contributed by atoms with Crippen molar-refractivity contribution in [1.82, 2.24) is 0 Å². The number of carboxylic acid groups (broad SMARTS) is 1. The van der Waals surface area contributed by atoms with Crippen molar-refractivity contribution in [2.24, 2.45) is 0 Å². The molecule has 0 aliphatic carbocycles. The van der Waals surface area contributed by atoms with E-state index in [1.807, 2.05) is 13.8 Å².